The van der Waals surface area contributed by atoms with Crippen LogP contribution in [-0.2, 0) is 9.47 Å². The highest BCUT2D eigenvalue weighted by atomic mass is 16.5. The van der Waals surface area contributed by atoms with Crippen molar-refractivity contribution in [1.29, 1.82) is 0 Å². The van der Waals surface area contributed by atoms with Crippen molar-refractivity contribution in [2.45, 2.75) is 25.3 Å². The van der Waals surface area contributed by atoms with E-state index >= 15 is 0 Å². The van der Waals surface area contributed by atoms with Crippen LogP contribution < -0.4 is 5.73 Å². The highest BCUT2D eigenvalue weighted by Gasteiger charge is 2.26. The highest BCUT2D eigenvalue weighted by molar-refractivity contribution is 5.08. The Bertz CT molecular complexity index is 197. The maximum Gasteiger partial charge on any atom is 0.109 e. The van der Waals surface area contributed by atoms with Crippen LogP contribution in [0, 0.1) is 5.92 Å². The second-order valence-electron chi connectivity index (χ2n) is 3.75. The Balaban J connectivity index is 1.90. The molecule has 0 saturated carbocycles. The molecule has 2 unspecified atom stereocenters. The normalized spacial score (nSPS) is 30.8. The molecule has 2 heterocycles. The third kappa shape index (κ3) is 2.03. The Hall–Kier alpha value is -0.540. The van der Waals surface area contributed by atoms with Gasteiger partial charge in [-0.05, 0) is 18.9 Å². The molecule has 3 heteroatoms. The van der Waals surface area contributed by atoms with Gasteiger partial charge in [-0.25, -0.2) is 0 Å². The maximum atomic E-state index is 6.08. The molecule has 13 heavy (non-hydrogen) atoms. The van der Waals surface area contributed by atoms with Crippen molar-refractivity contribution in [1.82, 2.24) is 0 Å². The van der Waals surface area contributed by atoms with Gasteiger partial charge < -0.3 is 15.2 Å². The van der Waals surface area contributed by atoms with Crippen molar-refractivity contribution in [2.75, 3.05) is 19.8 Å². The van der Waals surface area contributed by atoms with Gasteiger partial charge in [0.05, 0.1) is 19.3 Å². The SMILES string of the molecule is NC(C1=CCCO1)C1CCCOC1. The fourth-order valence-corrected chi connectivity index (χ4v) is 1.95. The Morgan fingerprint density at radius 1 is 1.46 bits per heavy atom. The van der Waals surface area contributed by atoms with Gasteiger partial charge in [-0.3, -0.25) is 0 Å². The Morgan fingerprint density at radius 3 is 3.00 bits per heavy atom. The molecule has 0 spiro atoms. The topological polar surface area (TPSA) is 44.5 Å². The Morgan fingerprint density at radius 2 is 2.38 bits per heavy atom. The number of nitrogens with two attached hydrogens (primary N) is 1. The molecule has 2 aliphatic rings. The molecule has 2 rings (SSSR count). The van der Waals surface area contributed by atoms with Crippen molar-refractivity contribution < 1.29 is 9.47 Å². The first-order valence-corrected chi connectivity index (χ1v) is 5.04. The standard InChI is InChI=1S/C10H17NO2/c11-10(9-4-2-6-13-9)8-3-1-5-12-7-8/h4,8,10H,1-3,5-7,11H2. The molecular formula is C10H17NO2. The van der Waals surface area contributed by atoms with E-state index < -0.39 is 0 Å². The van der Waals surface area contributed by atoms with Crippen molar-refractivity contribution in [3.8, 4) is 0 Å². The van der Waals surface area contributed by atoms with Crippen LogP contribution in [0.2, 0.25) is 0 Å². The third-order valence-electron chi connectivity index (χ3n) is 2.76. The van der Waals surface area contributed by atoms with Crippen molar-refractivity contribution in [3.05, 3.63) is 11.8 Å². The number of ether oxygens (including phenoxy) is 2. The monoisotopic (exact) mass is 183 g/mol. The molecule has 0 aromatic carbocycles. The first kappa shape index (κ1) is 9.03. The van der Waals surface area contributed by atoms with E-state index in [0.29, 0.717) is 5.92 Å². The summed E-state index contributed by atoms with van der Waals surface area (Å²) in [5, 5.41) is 0. The summed E-state index contributed by atoms with van der Waals surface area (Å²) in [6.45, 7) is 2.49. The van der Waals surface area contributed by atoms with Crippen LogP contribution in [0.3, 0.4) is 0 Å². The molecular weight excluding hydrogens is 166 g/mol. The maximum absolute atomic E-state index is 6.08. The number of hydrogen-bond acceptors (Lipinski definition) is 3. The quantitative estimate of drug-likeness (QED) is 0.695. The highest BCUT2D eigenvalue weighted by Crippen LogP contribution is 2.23. The lowest BCUT2D eigenvalue weighted by molar-refractivity contribution is 0.0415. The van der Waals surface area contributed by atoms with Crippen molar-refractivity contribution in [3.63, 3.8) is 0 Å². The number of hydrogen-bond donors (Lipinski definition) is 1. The molecule has 0 radical (unpaired) electrons. The van der Waals surface area contributed by atoms with E-state index in [4.69, 9.17) is 15.2 Å². The van der Waals surface area contributed by atoms with Crippen molar-refractivity contribution >= 4 is 0 Å². The van der Waals surface area contributed by atoms with E-state index in [1.807, 2.05) is 0 Å². The second-order valence-corrected chi connectivity index (χ2v) is 3.75. The van der Waals surface area contributed by atoms with Gasteiger partial charge in [0.2, 0.25) is 0 Å². The predicted octanol–water partition coefficient (Wildman–Crippen LogP) is 1.04. The van der Waals surface area contributed by atoms with Gasteiger partial charge in [0, 0.05) is 18.9 Å². The summed E-state index contributed by atoms with van der Waals surface area (Å²) in [6.07, 6.45) is 5.42. The summed E-state index contributed by atoms with van der Waals surface area (Å²) in [5.41, 5.74) is 6.08. The summed E-state index contributed by atoms with van der Waals surface area (Å²) < 4.78 is 10.8. The van der Waals surface area contributed by atoms with Crippen LogP contribution in [-0.4, -0.2) is 25.9 Å². The Labute approximate surface area is 78.9 Å². The zero-order chi connectivity index (χ0) is 9.10. The molecule has 2 aliphatic heterocycles. The number of rotatable bonds is 2. The molecule has 3 nitrogen and oxygen atoms in total. The predicted molar refractivity (Wildman–Crippen MR) is 50.2 cm³/mol. The molecule has 0 aliphatic carbocycles. The van der Waals surface area contributed by atoms with E-state index in [-0.39, 0.29) is 6.04 Å². The van der Waals surface area contributed by atoms with Gasteiger partial charge in [0.15, 0.2) is 0 Å². The van der Waals surface area contributed by atoms with Gasteiger partial charge in [-0.1, -0.05) is 0 Å². The van der Waals surface area contributed by atoms with E-state index in [9.17, 15) is 0 Å². The average Bonchev–Trinajstić information content (AvgIpc) is 2.71. The summed E-state index contributed by atoms with van der Waals surface area (Å²) in [4.78, 5) is 0. The van der Waals surface area contributed by atoms with Gasteiger partial charge in [0.25, 0.3) is 0 Å². The first-order chi connectivity index (χ1) is 6.38. The largest absolute Gasteiger partial charge is 0.496 e. The smallest absolute Gasteiger partial charge is 0.109 e. The lowest BCUT2D eigenvalue weighted by Gasteiger charge is -2.27. The summed E-state index contributed by atoms with van der Waals surface area (Å²) in [7, 11) is 0. The minimum atomic E-state index is 0.0581. The van der Waals surface area contributed by atoms with Gasteiger partial charge in [-0.2, -0.15) is 0 Å². The van der Waals surface area contributed by atoms with Crippen LogP contribution in [0.25, 0.3) is 0 Å². The second kappa shape index (κ2) is 4.11. The van der Waals surface area contributed by atoms with Crippen molar-refractivity contribution in [2.24, 2.45) is 11.7 Å². The average molecular weight is 183 g/mol. The minimum Gasteiger partial charge on any atom is -0.496 e. The molecule has 1 saturated heterocycles. The van der Waals surface area contributed by atoms with Crippen LogP contribution in [0.4, 0.5) is 0 Å². The molecule has 0 aromatic heterocycles. The molecule has 1 fully saturated rings. The van der Waals surface area contributed by atoms with Gasteiger partial charge >= 0.3 is 0 Å². The lowest BCUT2D eigenvalue weighted by atomic mass is 9.93. The molecule has 0 aromatic rings. The zero-order valence-electron chi connectivity index (χ0n) is 7.87. The third-order valence-corrected chi connectivity index (χ3v) is 2.76. The molecule has 2 N–H and O–H groups in total. The van der Waals surface area contributed by atoms with Crippen LogP contribution >= 0.6 is 0 Å². The van der Waals surface area contributed by atoms with E-state index in [1.165, 1.54) is 6.42 Å². The van der Waals surface area contributed by atoms with Crippen LogP contribution in [0.5, 0.6) is 0 Å². The molecule has 0 amide bonds. The summed E-state index contributed by atoms with van der Waals surface area (Å²) in [5.74, 6) is 1.44. The van der Waals surface area contributed by atoms with Gasteiger partial charge in [-0.15, -0.1) is 0 Å². The molecule has 2 atom stereocenters. The van der Waals surface area contributed by atoms with E-state index in [2.05, 4.69) is 6.08 Å². The van der Waals surface area contributed by atoms with Crippen LogP contribution in [0.1, 0.15) is 19.3 Å². The molecule has 0 bridgehead atoms. The summed E-state index contributed by atoms with van der Waals surface area (Å²) >= 11 is 0. The fraction of sp³-hybridized carbons (Fsp3) is 0.800. The zero-order valence-corrected chi connectivity index (χ0v) is 7.87. The van der Waals surface area contributed by atoms with E-state index in [1.54, 1.807) is 0 Å². The van der Waals surface area contributed by atoms with Gasteiger partial charge in [0.1, 0.15) is 5.76 Å². The summed E-state index contributed by atoms with van der Waals surface area (Å²) in [6, 6.07) is 0.0581. The first-order valence-electron chi connectivity index (χ1n) is 5.04. The minimum absolute atomic E-state index is 0.0581. The van der Waals surface area contributed by atoms with E-state index in [0.717, 1.165) is 38.4 Å². The van der Waals surface area contributed by atoms with Crippen LogP contribution in [0.15, 0.2) is 11.8 Å². The lowest BCUT2D eigenvalue weighted by Crippen LogP contribution is -2.37. The fourth-order valence-electron chi connectivity index (χ4n) is 1.95. The Kier molecular flexibility index (Phi) is 2.86. The molecule has 74 valence electrons.